The van der Waals surface area contributed by atoms with Crippen LogP contribution >= 0.6 is 0 Å². The van der Waals surface area contributed by atoms with E-state index in [1.54, 1.807) is 12.5 Å². The van der Waals surface area contributed by atoms with Crippen molar-refractivity contribution in [2.45, 2.75) is 12.3 Å². The Morgan fingerprint density at radius 3 is 3.30 bits per heavy atom. The average Bonchev–Trinajstić information content (AvgIpc) is 2.59. The molecule has 1 N–H and O–H groups in total. The summed E-state index contributed by atoms with van der Waals surface area (Å²) in [4.78, 5) is 4.09. The second-order valence-corrected chi connectivity index (χ2v) is 2.56. The Morgan fingerprint density at radius 2 is 2.70 bits per heavy atom. The van der Waals surface area contributed by atoms with Gasteiger partial charge >= 0.3 is 0 Å². The average molecular weight is 138 g/mol. The van der Waals surface area contributed by atoms with Crippen molar-refractivity contribution in [1.29, 1.82) is 0 Å². The van der Waals surface area contributed by atoms with Gasteiger partial charge in [-0.1, -0.05) is 0 Å². The van der Waals surface area contributed by atoms with Crippen LogP contribution in [0.4, 0.5) is 0 Å². The Labute approximate surface area is 59.4 Å². The van der Waals surface area contributed by atoms with Crippen LogP contribution in [0.3, 0.4) is 0 Å². The largest absolute Gasteiger partial charge is 0.449 e. The molecule has 0 amide bonds. The molecular weight excluding hydrogens is 128 g/mol. The summed E-state index contributed by atoms with van der Waals surface area (Å²) in [5.41, 5.74) is 0. The number of aromatic nitrogens is 1. The van der Waals surface area contributed by atoms with Gasteiger partial charge in [0, 0.05) is 12.5 Å². The molecule has 2 rings (SSSR count). The lowest BCUT2D eigenvalue weighted by Gasteiger charge is -1.99. The highest BCUT2D eigenvalue weighted by atomic mass is 16.3. The van der Waals surface area contributed by atoms with Crippen LogP contribution in [0.1, 0.15) is 18.2 Å². The molecule has 3 heteroatoms. The van der Waals surface area contributed by atoms with E-state index in [1.165, 1.54) is 0 Å². The molecule has 0 saturated carbocycles. The van der Waals surface area contributed by atoms with Crippen LogP contribution in [0, 0.1) is 0 Å². The smallest absolute Gasteiger partial charge is 0.198 e. The number of nitrogens with zero attached hydrogens (tertiary/aromatic N) is 1. The molecule has 0 aromatic carbocycles. The minimum Gasteiger partial charge on any atom is -0.449 e. The summed E-state index contributed by atoms with van der Waals surface area (Å²) < 4.78 is 5.17. The normalized spacial score (nSPS) is 25.4. The summed E-state index contributed by atoms with van der Waals surface area (Å²) in [5.74, 6) is 1.39. The third kappa shape index (κ3) is 0.926. The van der Waals surface area contributed by atoms with Gasteiger partial charge in [0.05, 0.1) is 6.20 Å². The predicted octanol–water partition coefficient (Wildman–Crippen LogP) is 0.751. The molecule has 10 heavy (non-hydrogen) atoms. The molecule has 0 spiro atoms. The number of oxazole rings is 1. The van der Waals surface area contributed by atoms with Crippen molar-refractivity contribution in [3.63, 3.8) is 0 Å². The Bertz CT molecular complexity index is 189. The Balaban J connectivity index is 2.12. The highest BCUT2D eigenvalue weighted by Crippen LogP contribution is 2.19. The minimum absolute atomic E-state index is 0.509. The second-order valence-electron chi connectivity index (χ2n) is 2.56. The van der Waals surface area contributed by atoms with E-state index in [0.717, 1.165) is 25.4 Å². The van der Waals surface area contributed by atoms with Crippen molar-refractivity contribution in [2.75, 3.05) is 13.1 Å². The van der Waals surface area contributed by atoms with Gasteiger partial charge in [0.1, 0.15) is 6.26 Å². The van der Waals surface area contributed by atoms with Crippen molar-refractivity contribution in [3.05, 3.63) is 18.4 Å². The minimum atomic E-state index is 0.509. The van der Waals surface area contributed by atoms with Gasteiger partial charge in [-0.3, -0.25) is 0 Å². The number of hydrogen-bond acceptors (Lipinski definition) is 3. The molecule has 54 valence electrons. The molecule has 1 fully saturated rings. The van der Waals surface area contributed by atoms with E-state index in [4.69, 9.17) is 4.42 Å². The molecule has 1 aliphatic rings. The molecule has 1 aromatic rings. The topological polar surface area (TPSA) is 38.1 Å². The SMILES string of the molecule is c1coc(C2CCNC2)n1. The van der Waals surface area contributed by atoms with Crippen LogP contribution in [0.15, 0.2) is 16.9 Å². The zero-order valence-corrected chi connectivity index (χ0v) is 5.71. The first-order chi connectivity index (χ1) is 4.97. The summed E-state index contributed by atoms with van der Waals surface area (Å²) in [6, 6.07) is 0. The highest BCUT2D eigenvalue weighted by Gasteiger charge is 2.19. The van der Waals surface area contributed by atoms with Crippen molar-refractivity contribution >= 4 is 0 Å². The van der Waals surface area contributed by atoms with Gasteiger partial charge in [0.15, 0.2) is 5.89 Å². The molecule has 1 saturated heterocycles. The van der Waals surface area contributed by atoms with Crippen LogP contribution in [-0.4, -0.2) is 18.1 Å². The van der Waals surface area contributed by atoms with Crippen molar-refractivity contribution in [3.8, 4) is 0 Å². The maximum Gasteiger partial charge on any atom is 0.198 e. The standard InChI is InChI=1S/C7H10N2O/c1-2-8-5-6(1)7-9-3-4-10-7/h3-4,6,8H,1-2,5H2. The molecule has 1 atom stereocenters. The summed E-state index contributed by atoms with van der Waals surface area (Å²) in [6.07, 6.45) is 4.49. The van der Waals surface area contributed by atoms with Crippen LogP contribution in [0.25, 0.3) is 0 Å². The molecule has 2 heterocycles. The first-order valence-electron chi connectivity index (χ1n) is 3.57. The van der Waals surface area contributed by atoms with E-state index in [9.17, 15) is 0 Å². The van der Waals surface area contributed by atoms with E-state index in [2.05, 4.69) is 10.3 Å². The zero-order valence-electron chi connectivity index (χ0n) is 5.71. The van der Waals surface area contributed by atoms with Crippen molar-refractivity contribution in [2.24, 2.45) is 0 Å². The van der Waals surface area contributed by atoms with Crippen LogP contribution in [-0.2, 0) is 0 Å². The monoisotopic (exact) mass is 138 g/mol. The molecule has 1 aromatic heterocycles. The van der Waals surface area contributed by atoms with Gasteiger partial charge < -0.3 is 9.73 Å². The van der Waals surface area contributed by atoms with Crippen LogP contribution in [0.5, 0.6) is 0 Å². The summed E-state index contributed by atoms with van der Waals surface area (Å²) in [5, 5.41) is 3.26. The molecular formula is C7H10N2O. The Hall–Kier alpha value is -0.830. The van der Waals surface area contributed by atoms with Crippen molar-refractivity contribution < 1.29 is 4.42 Å². The van der Waals surface area contributed by atoms with Crippen molar-refractivity contribution in [1.82, 2.24) is 10.3 Å². The molecule has 1 unspecified atom stereocenters. The lowest BCUT2D eigenvalue weighted by molar-refractivity contribution is 0.457. The fourth-order valence-electron chi connectivity index (χ4n) is 1.30. The van der Waals surface area contributed by atoms with Gasteiger partial charge in [0.25, 0.3) is 0 Å². The van der Waals surface area contributed by atoms with Gasteiger partial charge in [-0.2, -0.15) is 0 Å². The molecule has 0 radical (unpaired) electrons. The first kappa shape index (κ1) is 5.92. The molecule has 0 bridgehead atoms. The maximum atomic E-state index is 5.17. The van der Waals surface area contributed by atoms with E-state index in [0.29, 0.717) is 5.92 Å². The van der Waals surface area contributed by atoms with Gasteiger partial charge in [-0.25, -0.2) is 4.98 Å². The fraction of sp³-hybridized carbons (Fsp3) is 0.571. The van der Waals surface area contributed by atoms with Crippen LogP contribution < -0.4 is 5.32 Å². The van der Waals surface area contributed by atoms with Gasteiger partial charge in [-0.05, 0) is 13.0 Å². The Kier molecular flexibility index (Phi) is 1.43. The second kappa shape index (κ2) is 2.42. The van der Waals surface area contributed by atoms with E-state index in [-0.39, 0.29) is 0 Å². The summed E-state index contributed by atoms with van der Waals surface area (Å²) >= 11 is 0. The molecule has 3 nitrogen and oxygen atoms in total. The summed E-state index contributed by atoms with van der Waals surface area (Å²) in [7, 11) is 0. The zero-order chi connectivity index (χ0) is 6.81. The Morgan fingerprint density at radius 1 is 1.70 bits per heavy atom. The predicted molar refractivity (Wildman–Crippen MR) is 36.7 cm³/mol. The van der Waals surface area contributed by atoms with Crippen LogP contribution in [0.2, 0.25) is 0 Å². The third-order valence-corrected chi connectivity index (χ3v) is 1.86. The number of rotatable bonds is 1. The summed E-state index contributed by atoms with van der Waals surface area (Å²) in [6.45, 7) is 2.10. The fourth-order valence-corrected chi connectivity index (χ4v) is 1.30. The number of nitrogens with one attached hydrogen (secondary N) is 1. The lowest BCUT2D eigenvalue weighted by atomic mass is 10.1. The van der Waals surface area contributed by atoms with E-state index >= 15 is 0 Å². The van der Waals surface area contributed by atoms with Gasteiger partial charge in [-0.15, -0.1) is 0 Å². The maximum absolute atomic E-state index is 5.17. The highest BCUT2D eigenvalue weighted by molar-refractivity contribution is 4.95. The van der Waals surface area contributed by atoms with Gasteiger partial charge in [0.2, 0.25) is 0 Å². The molecule has 0 aliphatic carbocycles. The quantitative estimate of drug-likeness (QED) is 0.622. The molecule has 1 aliphatic heterocycles. The third-order valence-electron chi connectivity index (χ3n) is 1.86. The van der Waals surface area contributed by atoms with E-state index < -0.39 is 0 Å². The van der Waals surface area contributed by atoms with E-state index in [1.807, 2.05) is 0 Å². The lowest BCUT2D eigenvalue weighted by Crippen LogP contribution is -2.07. The first-order valence-corrected chi connectivity index (χ1v) is 3.57. The number of hydrogen-bond donors (Lipinski definition) is 1.